The lowest BCUT2D eigenvalue weighted by atomic mass is 9.95. The molecule has 2 atom stereocenters. The molecule has 0 saturated carbocycles. The van der Waals surface area contributed by atoms with E-state index in [1.165, 1.54) is 0 Å². The minimum atomic E-state index is -0.253. The summed E-state index contributed by atoms with van der Waals surface area (Å²) in [6.45, 7) is 7.37. The van der Waals surface area contributed by atoms with Crippen molar-refractivity contribution >= 4 is 5.91 Å². The number of piperidine rings is 1. The summed E-state index contributed by atoms with van der Waals surface area (Å²) in [5.41, 5.74) is 5.77. The maximum Gasteiger partial charge on any atom is 0.239 e. The van der Waals surface area contributed by atoms with Gasteiger partial charge >= 0.3 is 0 Å². The third-order valence-electron chi connectivity index (χ3n) is 3.10. The van der Waals surface area contributed by atoms with Crippen molar-refractivity contribution in [3.05, 3.63) is 0 Å². The van der Waals surface area contributed by atoms with Crippen molar-refractivity contribution in [1.82, 2.24) is 4.90 Å². The first-order valence-electron chi connectivity index (χ1n) is 5.64. The zero-order valence-electron chi connectivity index (χ0n) is 9.49. The third kappa shape index (κ3) is 2.27. The molecule has 0 spiro atoms. The Hall–Kier alpha value is -0.570. The van der Waals surface area contributed by atoms with Gasteiger partial charge in [-0.25, -0.2) is 0 Å². The molecule has 0 aromatic heterocycles. The fourth-order valence-electron chi connectivity index (χ4n) is 2.31. The highest BCUT2D eigenvalue weighted by Gasteiger charge is 2.31. The molecular weight excluding hydrogens is 176 g/mol. The zero-order valence-corrected chi connectivity index (χ0v) is 9.49. The van der Waals surface area contributed by atoms with Crippen LogP contribution in [0, 0.1) is 5.92 Å². The second-order valence-corrected chi connectivity index (χ2v) is 4.50. The van der Waals surface area contributed by atoms with E-state index in [-0.39, 0.29) is 11.9 Å². The molecule has 0 bridgehead atoms. The molecule has 1 fully saturated rings. The van der Waals surface area contributed by atoms with Gasteiger partial charge in [0, 0.05) is 12.6 Å². The van der Waals surface area contributed by atoms with Crippen LogP contribution < -0.4 is 5.73 Å². The van der Waals surface area contributed by atoms with Crippen molar-refractivity contribution in [2.45, 2.75) is 52.1 Å². The predicted octanol–water partition coefficient (Wildman–Crippen LogP) is 1.37. The van der Waals surface area contributed by atoms with Gasteiger partial charge in [-0.3, -0.25) is 4.79 Å². The standard InChI is InChI=1S/C11H22N2O/c1-4-10(8(2)3)13-7-5-6-9(12)11(13)14/h8-10H,4-7,12H2,1-3H3. The molecule has 3 nitrogen and oxygen atoms in total. The van der Waals surface area contributed by atoms with Crippen LogP contribution in [0.2, 0.25) is 0 Å². The van der Waals surface area contributed by atoms with E-state index in [1.54, 1.807) is 0 Å². The molecule has 1 amide bonds. The van der Waals surface area contributed by atoms with Gasteiger partial charge in [0.25, 0.3) is 0 Å². The van der Waals surface area contributed by atoms with Crippen LogP contribution in [-0.2, 0) is 4.79 Å². The highest BCUT2D eigenvalue weighted by atomic mass is 16.2. The molecule has 0 radical (unpaired) electrons. The second kappa shape index (κ2) is 4.78. The van der Waals surface area contributed by atoms with Gasteiger partial charge in [-0.1, -0.05) is 20.8 Å². The molecular formula is C11H22N2O. The van der Waals surface area contributed by atoms with E-state index in [1.807, 2.05) is 4.90 Å². The summed E-state index contributed by atoms with van der Waals surface area (Å²) in [4.78, 5) is 13.8. The Morgan fingerprint density at radius 3 is 2.71 bits per heavy atom. The van der Waals surface area contributed by atoms with Gasteiger partial charge in [0.2, 0.25) is 5.91 Å². The summed E-state index contributed by atoms with van der Waals surface area (Å²) >= 11 is 0. The van der Waals surface area contributed by atoms with Crippen LogP contribution in [0.5, 0.6) is 0 Å². The van der Waals surface area contributed by atoms with E-state index < -0.39 is 0 Å². The van der Waals surface area contributed by atoms with Crippen LogP contribution in [0.25, 0.3) is 0 Å². The topological polar surface area (TPSA) is 46.3 Å². The largest absolute Gasteiger partial charge is 0.338 e. The quantitative estimate of drug-likeness (QED) is 0.744. The van der Waals surface area contributed by atoms with Crippen LogP contribution in [-0.4, -0.2) is 29.4 Å². The van der Waals surface area contributed by atoms with Crippen molar-refractivity contribution in [2.24, 2.45) is 11.7 Å². The summed E-state index contributed by atoms with van der Waals surface area (Å²) in [5, 5.41) is 0. The first-order chi connectivity index (χ1) is 6.57. The van der Waals surface area contributed by atoms with Crippen molar-refractivity contribution < 1.29 is 4.79 Å². The molecule has 0 aliphatic carbocycles. The molecule has 1 rings (SSSR count). The minimum Gasteiger partial charge on any atom is -0.338 e. The molecule has 3 heteroatoms. The molecule has 1 saturated heterocycles. The fraction of sp³-hybridized carbons (Fsp3) is 0.909. The summed E-state index contributed by atoms with van der Waals surface area (Å²) in [6.07, 6.45) is 2.93. The Morgan fingerprint density at radius 1 is 1.57 bits per heavy atom. The van der Waals surface area contributed by atoms with Gasteiger partial charge in [-0.15, -0.1) is 0 Å². The number of carbonyl (C=O) groups excluding carboxylic acids is 1. The SMILES string of the molecule is CCC(C(C)C)N1CCCC(N)C1=O. The number of carbonyl (C=O) groups is 1. The summed E-state index contributed by atoms with van der Waals surface area (Å²) < 4.78 is 0. The lowest BCUT2D eigenvalue weighted by Gasteiger charge is -2.38. The molecule has 0 aromatic rings. The predicted molar refractivity (Wildman–Crippen MR) is 57.8 cm³/mol. The first kappa shape index (κ1) is 11.5. The Balaban J connectivity index is 2.69. The first-order valence-corrected chi connectivity index (χ1v) is 5.64. The van der Waals surface area contributed by atoms with Gasteiger partial charge in [0.15, 0.2) is 0 Å². The molecule has 82 valence electrons. The fourth-order valence-corrected chi connectivity index (χ4v) is 2.31. The van der Waals surface area contributed by atoms with Gasteiger partial charge in [0.05, 0.1) is 6.04 Å². The summed E-state index contributed by atoms with van der Waals surface area (Å²) in [7, 11) is 0. The molecule has 2 unspecified atom stereocenters. The number of amides is 1. The lowest BCUT2D eigenvalue weighted by Crippen LogP contribution is -2.53. The number of likely N-dealkylation sites (tertiary alicyclic amines) is 1. The molecule has 2 N–H and O–H groups in total. The summed E-state index contributed by atoms with van der Waals surface area (Å²) in [5.74, 6) is 0.672. The molecule has 1 heterocycles. The molecule has 14 heavy (non-hydrogen) atoms. The lowest BCUT2D eigenvalue weighted by molar-refractivity contribution is -0.138. The number of hydrogen-bond donors (Lipinski definition) is 1. The number of nitrogens with two attached hydrogens (primary N) is 1. The normalized spacial score (nSPS) is 25.6. The van der Waals surface area contributed by atoms with E-state index in [2.05, 4.69) is 20.8 Å². The Morgan fingerprint density at radius 2 is 2.21 bits per heavy atom. The van der Waals surface area contributed by atoms with E-state index >= 15 is 0 Å². The van der Waals surface area contributed by atoms with Crippen molar-refractivity contribution in [1.29, 1.82) is 0 Å². The summed E-state index contributed by atoms with van der Waals surface area (Å²) in [6, 6.07) is 0.116. The van der Waals surface area contributed by atoms with Crippen molar-refractivity contribution in [3.8, 4) is 0 Å². The highest BCUT2D eigenvalue weighted by Crippen LogP contribution is 2.20. The van der Waals surface area contributed by atoms with E-state index in [0.29, 0.717) is 12.0 Å². The van der Waals surface area contributed by atoms with Gasteiger partial charge in [0.1, 0.15) is 0 Å². The number of nitrogens with zero attached hydrogens (tertiary/aromatic N) is 1. The van der Waals surface area contributed by atoms with Crippen molar-refractivity contribution in [2.75, 3.05) is 6.54 Å². The van der Waals surface area contributed by atoms with E-state index in [4.69, 9.17) is 5.73 Å². The van der Waals surface area contributed by atoms with Crippen molar-refractivity contribution in [3.63, 3.8) is 0 Å². The van der Waals surface area contributed by atoms with Gasteiger partial charge in [-0.2, -0.15) is 0 Å². The average molecular weight is 198 g/mol. The van der Waals surface area contributed by atoms with Crippen LogP contribution in [0.15, 0.2) is 0 Å². The molecule has 1 aliphatic heterocycles. The van der Waals surface area contributed by atoms with Crippen LogP contribution in [0.1, 0.15) is 40.0 Å². The van der Waals surface area contributed by atoms with E-state index in [9.17, 15) is 4.79 Å². The van der Waals surface area contributed by atoms with Crippen LogP contribution >= 0.6 is 0 Å². The Kier molecular flexibility index (Phi) is 3.93. The van der Waals surface area contributed by atoms with Gasteiger partial charge in [-0.05, 0) is 25.2 Å². The van der Waals surface area contributed by atoms with Crippen LogP contribution in [0.4, 0.5) is 0 Å². The highest BCUT2D eigenvalue weighted by molar-refractivity contribution is 5.82. The maximum absolute atomic E-state index is 11.8. The third-order valence-corrected chi connectivity index (χ3v) is 3.10. The molecule has 1 aliphatic rings. The molecule has 0 aromatic carbocycles. The smallest absolute Gasteiger partial charge is 0.239 e. The average Bonchev–Trinajstić information content (AvgIpc) is 2.13. The van der Waals surface area contributed by atoms with Gasteiger partial charge < -0.3 is 10.6 Å². The Bertz CT molecular complexity index is 203. The number of hydrogen-bond acceptors (Lipinski definition) is 2. The van der Waals surface area contributed by atoms with E-state index in [0.717, 1.165) is 25.8 Å². The zero-order chi connectivity index (χ0) is 10.7. The monoisotopic (exact) mass is 198 g/mol. The second-order valence-electron chi connectivity index (χ2n) is 4.50. The van der Waals surface area contributed by atoms with Crippen LogP contribution in [0.3, 0.4) is 0 Å². The number of rotatable bonds is 3. The maximum atomic E-state index is 11.8. The Labute approximate surface area is 86.6 Å². The minimum absolute atomic E-state index is 0.150.